The van der Waals surface area contributed by atoms with Gasteiger partial charge in [0.1, 0.15) is 0 Å². The van der Waals surface area contributed by atoms with Crippen molar-refractivity contribution in [2.24, 2.45) is 0 Å². The van der Waals surface area contributed by atoms with Gasteiger partial charge in [0.15, 0.2) is 17.3 Å². The average molecular weight is 229 g/mol. The highest BCUT2D eigenvalue weighted by Gasteiger charge is 2.15. The van der Waals surface area contributed by atoms with E-state index in [2.05, 4.69) is 20.2 Å². The monoisotopic (exact) mass is 229 g/mol. The summed E-state index contributed by atoms with van der Waals surface area (Å²) in [5, 5.41) is 7.69. The van der Waals surface area contributed by atoms with E-state index in [1.54, 1.807) is 12.1 Å². The topological polar surface area (TPSA) is 104 Å². The van der Waals surface area contributed by atoms with Crippen molar-refractivity contribution in [1.29, 1.82) is 0 Å². The van der Waals surface area contributed by atoms with Crippen LogP contribution in [-0.4, -0.2) is 20.2 Å². The van der Waals surface area contributed by atoms with Crippen LogP contribution < -0.4 is 5.73 Å². The first kappa shape index (κ1) is 9.52. The highest BCUT2D eigenvalue weighted by atomic mass is 16.4. The Morgan fingerprint density at radius 3 is 2.65 bits per heavy atom. The van der Waals surface area contributed by atoms with Crippen molar-refractivity contribution in [1.82, 2.24) is 20.2 Å². The van der Waals surface area contributed by atoms with Gasteiger partial charge in [-0.15, -0.1) is 10.2 Å². The van der Waals surface area contributed by atoms with Crippen LogP contribution >= 0.6 is 0 Å². The number of hydrogen-bond donors (Lipinski definition) is 1. The number of nitrogens with zero attached hydrogens (tertiary/aromatic N) is 4. The standard InChI is InChI=1S/C10H7N5O2/c11-8-7(12-3-4-13-8)10-15-14-9(17-10)6-2-1-5-16-6/h1-5H,(H2,11,13). The van der Waals surface area contributed by atoms with Crippen LogP contribution in [0.15, 0.2) is 39.6 Å². The molecule has 0 unspecified atom stereocenters. The van der Waals surface area contributed by atoms with Crippen LogP contribution in [0.1, 0.15) is 0 Å². The Balaban J connectivity index is 2.04. The lowest BCUT2D eigenvalue weighted by Gasteiger charge is -1.95. The second kappa shape index (κ2) is 3.71. The minimum Gasteiger partial charge on any atom is -0.459 e. The zero-order valence-corrected chi connectivity index (χ0v) is 8.57. The zero-order chi connectivity index (χ0) is 11.7. The predicted molar refractivity (Wildman–Crippen MR) is 57.4 cm³/mol. The Morgan fingerprint density at radius 2 is 1.88 bits per heavy atom. The van der Waals surface area contributed by atoms with Crippen LogP contribution in [0.25, 0.3) is 23.2 Å². The summed E-state index contributed by atoms with van der Waals surface area (Å²) in [5.74, 6) is 1.21. The van der Waals surface area contributed by atoms with Crippen LogP contribution in [0.4, 0.5) is 5.82 Å². The van der Waals surface area contributed by atoms with Crippen LogP contribution in [-0.2, 0) is 0 Å². The average Bonchev–Trinajstić information content (AvgIpc) is 3.00. The number of nitrogen functional groups attached to an aromatic ring is 1. The number of anilines is 1. The van der Waals surface area contributed by atoms with Gasteiger partial charge in [-0.2, -0.15) is 0 Å². The van der Waals surface area contributed by atoms with Crippen LogP contribution in [0.2, 0.25) is 0 Å². The number of furan rings is 1. The summed E-state index contributed by atoms with van der Waals surface area (Å²) in [4.78, 5) is 7.92. The van der Waals surface area contributed by atoms with E-state index < -0.39 is 0 Å². The highest BCUT2D eigenvalue weighted by molar-refractivity contribution is 5.62. The van der Waals surface area contributed by atoms with Gasteiger partial charge in [-0.25, -0.2) is 9.97 Å². The van der Waals surface area contributed by atoms with E-state index in [-0.39, 0.29) is 17.6 Å². The Kier molecular flexibility index (Phi) is 2.08. The first-order chi connectivity index (χ1) is 8.34. The first-order valence-corrected chi connectivity index (χ1v) is 4.79. The molecule has 0 aliphatic heterocycles. The van der Waals surface area contributed by atoms with E-state index in [0.29, 0.717) is 11.5 Å². The van der Waals surface area contributed by atoms with Gasteiger partial charge in [-0.05, 0) is 12.1 Å². The van der Waals surface area contributed by atoms with Crippen molar-refractivity contribution >= 4 is 5.82 Å². The molecule has 0 saturated carbocycles. The Labute approximate surface area is 95.3 Å². The third-order valence-electron chi connectivity index (χ3n) is 2.09. The highest BCUT2D eigenvalue weighted by Crippen LogP contribution is 2.24. The second-order valence-electron chi connectivity index (χ2n) is 3.18. The van der Waals surface area contributed by atoms with E-state index in [0.717, 1.165) is 0 Å². The maximum atomic E-state index is 5.66. The maximum absolute atomic E-state index is 5.66. The molecule has 3 aromatic rings. The number of hydrogen-bond acceptors (Lipinski definition) is 7. The van der Waals surface area contributed by atoms with Gasteiger partial charge >= 0.3 is 0 Å². The summed E-state index contributed by atoms with van der Waals surface area (Å²) in [6, 6.07) is 3.45. The molecule has 17 heavy (non-hydrogen) atoms. The van der Waals surface area contributed by atoms with Crippen LogP contribution in [0, 0.1) is 0 Å². The van der Waals surface area contributed by atoms with Crippen LogP contribution in [0.3, 0.4) is 0 Å². The third kappa shape index (κ3) is 1.63. The maximum Gasteiger partial charge on any atom is 0.283 e. The molecule has 7 heteroatoms. The molecule has 3 rings (SSSR count). The van der Waals surface area contributed by atoms with E-state index in [4.69, 9.17) is 14.6 Å². The Hall–Kier alpha value is -2.70. The van der Waals surface area contributed by atoms with Crippen molar-refractivity contribution in [3.05, 3.63) is 30.8 Å². The molecular formula is C10H7N5O2. The zero-order valence-electron chi connectivity index (χ0n) is 8.57. The molecule has 0 atom stereocenters. The van der Waals surface area contributed by atoms with E-state index >= 15 is 0 Å². The molecule has 0 aliphatic rings. The fourth-order valence-electron chi connectivity index (χ4n) is 1.33. The number of nitrogens with two attached hydrogens (primary N) is 1. The molecule has 84 valence electrons. The Morgan fingerprint density at radius 1 is 1.06 bits per heavy atom. The molecule has 3 aromatic heterocycles. The summed E-state index contributed by atoms with van der Waals surface area (Å²) in [7, 11) is 0. The van der Waals surface area contributed by atoms with E-state index in [9.17, 15) is 0 Å². The summed E-state index contributed by atoms with van der Waals surface area (Å²) < 4.78 is 10.5. The number of rotatable bonds is 2. The van der Waals surface area contributed by atoms with E-state index in [1.165, 1.54) is 18.7 Å². The SMILES string of the molecule is Nc1nccnc1-c1nnc(-c2ccco2)o1. The lowest BCUT2D eigenvalue weighted by molar-refractivity contribution is 0.522. The van der Waals surface area contributed by atoms with Gasteiger partial charge in [-0.1, -0.05) is 0 Å². The summed E-state index contributed by atoms with van der Waals surface area (Å²) in [6.45, 7) is 0. The minimum atomic E-state index is 0.210. The van der Waals surface area contributed by atoms with Crippen molar-refractivity contribution in [3.63, 3.8) is 0 Å². The quantitative estimate of drug-likeness (QED) is 0.707. The van der Waals surface area contributed by atoms with Crippen molar-refractivity contribution in [2.75, 3.05) is 5.73 Å². The number of aromatic nitrogens is 4. The molecule has 7 nitrogen and oxygen atoms in total. The molecule has 0 aromatic carbocycles. The minimum absolute atomic E-state index is 0.210. The lowest BCUT2D eigenvalue weighted by atomic mass is 10.4. The van der Waals surface area contributed by atoms with Gasteiger partial charge in [-0.3, -0.25) is 0 Å². The smallest absolute Gasteiger partial charge is 0.283 e. The molecule has 0 bridgehead atoms. The van der Waals surface area contributed by atoms with Gasteiger partial charge in [0, 0.05) is 12.4 Å². The largest absolute Gasteiger partial charge is 0.459 e. The van der Waals surface area contributed by atoms with Crippen LogP contribution in [0.5, 0.6) is 0 Å². The molecule has 0 amide bonds. The van der Waals surface area contributed by atoms with Gasteiger partial charge < -0.3 is 14.6 Å². The summed E-state index contributed by atoms with van der Waals surface area (Å²) >= 11 is 0. The van der Waals surface area contributed by atoms with Gasteiger partial charge in [0.2, 0.25) is 0 Å². The van der Waals surface area contributed by atoms with Crippen molar-refractivity contribution < 1.29 is 8.83 Å². The fraction of sp³-hybridized carbons (Fsp3) is 0. The summed E-state index contributed by atoms with van der Waals surface area (Å²) in [6.07, 6.45) is 4.51. The molecule has 0 fully saturated rings. The molecule has 0 aliphatic carbocycles. The molecular weight excluding hydrogens is 222 g/mol. The van der Waals surface area contributed by atoms with Crippen molar-refractivity contribution in [2.45, 2.75) is 0 Å². The fourth-order valence-corrected chi connectivity index (χ4v) is 1.33. The summed E-state index contributed by atoms with van der Waals surface area (Å²) in [5.41, 5.74) is 6.01. The molecule has 3 heterocycles. The van der Waals surface area contributed by atoms with Crippen molar-refractivity contribution in [3.8, 4) is 23.2 Å². The second-order valence-corrected chi connectivity index (χ2v) is 3.18. The normalized spacial score (nSPS) is 10.6. The predicted octanol–water partition coefficient (Wildman–Crippen LogP) is 1.37. The first-order valence-electron chi connectivity index (χ1n) is 4.79. The third-order valence-corrected chi connectivity index (χ3v) is 2.09. The van der Waals surface area contributed by atoms with E-state index in [1.807, 2.05) is 0 Å². The van der Waals surface area contributed by atoms with Gasteiger partial charge in [0.25, 0.3) is 11.8 Å². The lowest BCUT2D eigenvalue weighted by Crippen LogP contribution is -1.95. The Bertz CT molecular complexity index is 632. The molecule has 0 saturated heterocycles. The van der Waals surface area contributed by atoms with Gasteiger partial charge in [0.05, 0.1) is 6.26 Å². The molecule has 2 N–H and O–H groups in total. The molecule has 0 spiro atoms. The molecule has 0 radical (unpaired) electrons.